The Morgan fingerprint density at radius 1 is 1.19 bits per heavy atom. The van der Waals surface area contributed by atoms with Gasteiger partial charge < -0.3 is 4.74 Å². The summed E-state index contributed by atoms with van der Waals surface area (Å²) in [4.78, 5) is 11.9. The summed E-state index contributed by atoms with van der Waals surface area (Å²) in [6.45, 7) is 9.87. The molecule has 0 spiro atoms. The molecular weight excluding hydrogens is 200 g/mol. The van der Waals surface area contributed by atoms with Crippen molar-refractivity contribution >= 4 is 5.97 Å². The lowest BCUT2D eigenvalue weighted by molar-refractivity contribution is -0.146. The van der Waals surface area contributed by atoms with Gasteiger partial charge in [0.2, 0.25) is 0 Å². The summed E-state index contributed by atoms with van der Waals surface area (Å²) in [5, 5.41) is 0. The van der Waals surface area contributed by atoms with Gasteiger partial charge in [-0.05, 0) is 38.8 Å². The number of carbonyl (C=O) groups excluding carboxylic acids is 1. The fourth-order valence-corrected chi connectivity index (χ4v) is 1.08. The molecule has 0 atom stereocenters. The van der Waals surface area contributed by atoms with Crippen molar-refractivity contribution in [3.05, 3.63) is 29.8 Å². The van der Waals surface area contributed by atoms with Crippen LogP contribution in [0.2, 0.25) is 0 Å². The highest BCUT2D eigenvalue weighted by molar-refractivity contribution is 5.78. The molecular formula is C14H20O2. The number of aryl methyl sites for hydroxylation is 1. The van der Waals surface area contributed by atoms with Crippen LogP contribution in [0.3, 0.4) is 0 Å². The van der Waals surface area contributed by atoms with E-state index in [-0.39, 0.29) is 11.9 Å². The number of benzene rings is 1. The van der Waals surface area contributed by atoms with Crippen molar-refractivity contribution in [1.82, 2.24) is 0 Å². The number of rotatable bonds is 3. The minimum atomic E-state index is -0.453. The number of esters is 1. The van der Waals surface area contributed by atoms with Gasteiger partial charge in [-0.15, -0.1) is 0 Å². The van der Waals surface area contributed by atoms with Crippen LogP contribution in [-0.2, 0) is 4.79 Å². The van der Waals surface area contributed by atoms with E-state index in [0.29, 0.717) is 5.75 Å². The summed E-state index contributed by atoms with van der Waals surface area (Å²) in [5.41, 5.74) is 0.702. The van der Waals surface area contributed by atoms with E-state index in [1.807, 2.05) is 58.9 Å². The first-order valence-electron chi connectivity index (χ1n) is 5.63. The molecule has 0 aliphatic carbocycles. The second kappa shape index (κ2) is 4.69. The van der Waals surface area contributed by atoms with Crippen molar-refractivity contribution in [1.29, 1.82) is 0 Å². The first kappa shape index (κ1) is 12.8. The summed E-state index contributed by atoms with van der Waals surface area (Å²) in [7, 11) is 0. The van der Waals surface area contributed by atoms with E-state index in [1.165, 1.54) is 0 Å². The van der Waals surface area contributed by atoms with Crippen LogP contribution in [0.1, 0.15) is 33.3 Å². The van der Waals surface area contributed by atoms with E-state index in [0.717, 1.165) is 5.56 Å². The van der Waals surface area contributed by atoms with Gasteiger partial charge in [0, 0.05) is 0 Å². The van der Waals surface area contributed by atoms with Gasteiger partial charge in [-0.25, -0.2) is 0 Å². The van der Waals surface area contributed by atoms with E-state index in [1.54, 1.807) is 0 Å². The summed E-state index contributed by atoms with van der Waals surface area (Å²) in [6.07, 6.45) is 0. The molecule has 0 unspecified atom stereocenters. The highest BCUT2D eigenvalue weighted by atomic mass is 16.5. The average molecular weight is 220 g/mol. The van der Waals surface area contributed by atoms with Crippen molar-refractivity contribution in [2.45, 2.75) is 34.6 Å². The van der Waals surface area contributed by atoms with Crippen molar-refractivity contribution in [2.75, 3.05) is 0 Å². The zero-order valence-corrected chi connectivity index (χ0v) is 10.7. The molecule has 1 rings (SSSR count). The molecule has 0 heterocycles. The maximum atomic E-state index is 11.9. The monoisotopic (exact) mass is 220 g/mol. The van der Waals surface area contributed by atoms with Crippen LogP contribution in [0.15, 0.2) is 24.3 Å². The highest BCUT2D eigenvalue weighted by Crippen LogP contribution is 2.28. The topological polar surface area (TPSA) is 26.3 Å². The lowest BCUT2D eigenvalue weighted by Gasteiger charge is -2.26. The molecule has 1 aromatic carbocycles. The summed E-state index contributed by atoms with van der Waals surface area (Å²) < 4.78 is 5.36. The molecule has 1 aromatic rings. The number of hydrogen-bond acceptors (Lipinski definition) is 2. The third kappa shape index (κ3) is 2.84. The van der Waals surface area contributed by atoms with Crippen LogP contribution in [0.4, 0.5) is 0 Å². The summed E-state index contributed by atoms with van der Waals surface area (Å²) >= 11 is 0. The number of ether oxygens (including phenoxy) is 1. The molecule has 2 heteroatoms. The maximum Gasteiger partial charge on any atom is 0.317 e. The van der Waals surface area contributed by atoms with E-state index < -0.39 is 5.41 Å². The zero-order valence-electron chi connectivity index (χ0n) is 10.7. The third-order valence-corrected chi connectivity index (χ3v) is 3.20. The van der Waals surface area contributed by atoms with Gasteiger partial charge in [0.25, 0.3) is 0 Å². The van der Waals surface area contributed by atoms with Gasteiger partial charge in [0.15, 0.2) is 0 Å². The summed E-state index contributed by atoms with van der Waals surface area (Å²) in [6, 6.07) is 7.52. The molecule has 0 aromatic heterocycles. The number of carbonyl (C=O) groups is 1. The smallest absolute Gasteiger partial charge is 0.317 e. The molecule has 0 amide bonds. The van der Waals surface area contributed by atoms with Crippen LogP contribution in [0.5, 0.6) is 5.75 Å². The lowest BCUT2D eigenvalue weighted by atomic mass is 9.81. The van der Waals surface area contributed by atoms with E-state index in [2.05, 4.69) is 0 Å². The maximum absolute atomic E-state index is 11.9. The molecule has 0 bridgehead atoms. The second-order valence-corrected chi connectivity index (χ2v) is 5.08. The van der Waals surface area contributed by atoms with Gasteiger partial charge in [-0.1, -0.05) is 31.5 Å². The van der Waals surface area contributed by atoms with Crippen molar-refractivity contribution in [2.24, 2.45) is 11.3 Å². The minimum Gasteiger partial charge on any atom is -0.426 e. The molecule has 0 aliphatic rings. The molecule has 88 valence electrons. The fourth-order valence-electron chi connectivity index (χ4n) is 1.08. The standard InChI is InChI=1S/C14H20O2/c1-10(2)14(4,5)13(15)16-12-8-6-11(3)7-9-12/h6-10H,1-5H3. The molecule has 0 aliphatic heterocycles. The predicted molar refractivity (Wildman–Crippen MR) is 65.4 cm³/mol. The molecule has 0 fully saturated rings. The average Bonchev–Trinajstić information content (AvgIpc) is 2.21. The normalized spacial score (nSPS) is 11.6. The summed E-state index contributed by atoms with van der Waals surface area (Å²) in [5.74, 6) is 0.695. The van der Waals surface area contributed by atoms with Gasteiger partial charge in [-0.2, -0.15) is 0 Å². The van der Waals surface area contributed by atoms with Gasteiger partial charge in [0.1, 0.15) is 5.75 Å². The Kier molecular flexibility index (Phi) is 3.74. The van der Waals surface area contributed by atoms with Gasteiger partial charge in [-0.3, -0.25) is 4.79 Å². The first-order valence-corrected chi connectivity index (χ1v) is 5.63. The van der Waals surface area contributed by atoms with Gasteiger partial charge in [0.05, 0.1) is 5.41 Å². The Morgan fingerprint density at radius 3 is 2.12 bits per heavy atom. The fraction of sp³-hybridized carbons (Fsp3) is 0.500. The minimum absolute atomic E-state index is 0.175. The highest BCUT2D eigenvalue weighted by Gasteiger charge is 2.33. The SMILES string of the molecule is Cc1ccc(OC(=O)C(C)(C)C(C)C)cc1. The Bertz CT molecular complexity index is 361. The van der Waals surface area contributed by atoms with E-state index >= 15 is 0 Å². The number of hydrogen-bond donors (Lipinski definition) is 0. The largest absolute Gasteiger partial charge is 0.426 e. The zero-order chi connectivity index (χ0) is 12.3. The van der Waals surface area contributed by atoms with Crippen LogP contribution in [-0.4, -0.2) is 5.97 Å². The molecule has 0 saturated carbocycles. The van der Waals surface area contributed by atoms with Crippen molar-refractivity contribution in [3.63, 3.8) is 0 Å². The quantitative estimate of drug-likeness (QED) is 0.575. The van der Waals surface area contributed by atoms with Crippen molar-refractivity contribution in [3.8, 4) is 5.75 Å². The first-order chi connectivity index (χ1) is 7.34. The third-order valence-electron chi connectivity index (χ3n) is 3.20. The van der Waals surface area contributed by atoms with E-state index in [9.17, 15) is 4.79 Å². The Labute approximate surface area is 97.6 Å². The van der Waals surface area contributed by atoms with Crippen LogP contribution in [0.25, 0.3) is 0 Å². The van der Waals surface area contributed by atoms with Crippen LogP contribution >= 0.6 is 0 Å². The predicted octanol–water partition coefficient (Wildman–Crippen LogP) is 3.58. The van der Waals surface area contributed by atoms with Crippen LogP contribution in [0, 0.1) is 18.3 Å². The molecule has 0 radical (unpaired) electrons. The Hall–Kier alpha value is -1.31. The molecule has 0 N–H and O–H groups in total. The molecule has 0 saturated heterocycles. The lowest BCUT2D eigenvalue weighted by Crippen LogP contribution is -2.33. The van der Waals surface area contributed by atoms with Crippen molar-refractivity contribution < 1.29 is 9.53 Å². The Morgan fingerprint density at radius 2 is 1.69 bits per heavy atom. The van der Waals surface area contributed by atoms with E-state index in [4.69, 9.17) is 4.74 Å². The van der Waals surface area contributed by atoms with Crippen LogP contribution < -0.4 is 4.74 Å². The molecule has 2 nitrogen and oxygen atoms in total. The van der Waals surface area contributed by atoms with Gasteiger partial charge >= 0.3 is 5.97 Å². The Balaban J connectivity index is 2.75. The second-order valence-electron chi connectivity index (χ2n) is 5.08. The molecule has 16 heavy (non-hydrogen) atoms.